The molecule has 0 bridgehead atoms. The van der Waals surface area contributed by atoms with Gasteiger partial charge >= 0.3 is 11.6 Å². The first-order valence-electron chi connectivity index (χ1n) is 10.3. The van der Waals surface area contributed by atoms with E-state index in [4.69, 9.17) is 23.5 Å². The highest BCUT2D eigenvalue weighted by Crippen LogP contribution is 2.32. The Morgan fingerprint density at radius 2 is 1.88 bits per heavy atom. The van der Waals surface area contributed by atoms with E-state index in [2.05, 4.69) is 5.16 Å². The molecule has 3 aromatic carbocycles. The van der Waals surface area contributed by atoms with E-state index in [1.54, 1.807) is 25.1 Å². The third kappa shape index (κ3) is 4.23. The molecule has 0 saturated heterocycles. The van der Waals surface area contributed by atoms with Crippen LogP contribution in [0.2, 0.25) is 0 Å². The molecule has 0 amide bonds. The molecule has 0 fully saturated rings. The number of hydrogen-bond donors (Lipinski definition) is 0. The summed E-state index contributed by atoms with van der Waals surface area (Å²) >= 11 is 0. The van der Waals surface area contributed by atoms with Gasteiger partial charge in [-0.3, -0.25) is 0 Å². The highest BCUT2D eigenvalue weighted by Gasteiger charge is 2.15. The van der Waals surface area contributed by atoms with E-state index >= 15 is 0 Å². The molecule has 0 spiro atoms. The summed E-state index contributed by atoms with van der Waals surface area (Å²) in [5.74, 6) is 0.693. The fourth-order valence-corrected chi connectivity index (χ4v) is 3.69. The van der Waals surface area contributed by atoms with Crippen molar-refractivity contribution in [2.24, 2.45) is 5.16 Å². The predicted molar refractivity (Wildman–Crippen MR) is 121 cm³/mol. The second kappa shape index (κ2) is 8.66. The number of fused-ring (bicyclic) bond motifs is 4. The number of ether oxygens (including phenoxy) is 3. The molecule has 166 valence electrons. The van der Waals surface area contributed by atoms with Gasteiger partial charge in [0.15, 0.2) is 11.5 Å². The zero-order valence-corrected chi connectivity index (χ0v) is 17.7. The Morgan fingerprint density at radius 3 is 2.79 bits per heavy atom. The van der Waals surface area contributed by atoms with E-state index in [-0.39, 0.29) is 20.0 Å². The van der Waals surface area contributed by atoms with E-state index in [1.807, 2.05) is 36.4 Å². The average molecular weight is 445 g/mol. The van der Waals surface area contributed by atoms with Gasteiger partial charge in [-0.15, -0.1) is 0 Å². The lowest BCUT2D eigenvalue weighted by Gasteiger charge is -2.09. The molecule has 33 heavy (non-hydrogen) atoms. The van der Waals surface area contributed by atoms with Gasteiger partial charge in [-0.25, -0.2) is 9.59 Å². The third-order valence-corrected chi connectivity index (χ3v) is 5.28. The van der Waals surface area contributed by atoms with Gasteiger partial charge in [0.25, 0.3) is 0 Å². The van der Waals surface area contributed by atoms with Gasteiger partial charge in [-0.2, -0.15) is 0 Å². The summed E-state index contributed by atoms with van der Waals surface area (Å²) in [4.78, 5) is 29.4. The number of esters is 1. The van der Waals surface area contributed by atoms with Crippen LogP contribution < -0.4 is 15.1 Å². The maximum absolute atomic E-state index is 12.2. The Labute approximate surface area is 187 Å². The van der Waals surface area contributed by atoms with E-state index in [9.17, 15) is 9.59 Å². The molecule has 8 heteroatoms. The number of hydrogen-bond acceptors (Lipinski definition) is 8. The summed E-state index contributed by atoms with van der Waals surface area (Å²) in [5, 5.41) is 6.60. The lowest BCUT2D eigenvalue weighted by Crippen LogP contribution is -2.12. The summed E-state index contributed by atoms with van der Waals surface area (Å²) in [6, 6.07) is 18.1. The summed E-state index contributed by atoms with van der Waals surface area (Å²) < 4.78 is 21.3. The SMILES string of the molecule is C/C(=N\OCC(=O)OCc1cc(=O)oc2ccc3ccccc3c12)c1ccc2c(c1)OCO2. The van der Waals surface area contributed by atoms with Crippen molar-refractivity contribution in [3.05, 3.63) is 82.2 Å². The third-order valence-electron chi connectivity index (χ3n) is 5.28. The minimum Gasteiger partial charge on any atom is -0.458 e. The summed E-state index contributed by atoms with van der Waals surface area (Å²) in [7, 11) is 0. The van der Waals surface area contributed by atoms with Crippen LogP contribution in [0.3, 0.4) is 0 Å². The van der Waals surface area contributed by atoms with Gasteiger partial charge in [0, 0.05) is 22.6 Å². The van der Waals surface area contributed by atoms with Crippen molar-refractivity contribution in [2.45, 2.75) is 13.5 Å². The molecule has 4 aromatic rings. The van der Waals surface area contributed by atoms with Gasteiger partial charge in [0.05, 0.1) is 5.71 Å². The second-order valence-electron chi connectivity index (χ2n) is 7.43. The molecular weight excluding hydrogens is 426 g/mol. The van der Waals surface area contributed by atoms with Gasteiger partial charge in [0.2, 0.25) is 13.4 Å². The van der Waals surface area contributed by atoms with Crippen molar-refractivity contribution in [1.29, 1.82) is 0 Å². The molecule has 0 aliphatic carbocycles. The summed E-state index contributed by atoms with van der Waals surface area (Å²) in [6.07, 6.45) is 0. The van der Waals surface area contributed by atoms with Crippen molar-refractivity contribution < 1.29 is 28.3 Å². The fraction of sp³-hybridized carbons (Fsp3) is 0.160. The zero-order valence-electron chi connectivity index (χ0n) is 17.7. The Morgan fingerprint density at radius 1 is 1.03 bits per heavy atom. The molecule has 1 aliphatic heterocycles. The predicted octanol–water partition coefficient (Wildman–Crippen LogP) is 4.16. The van der Waals surface area contributed by atoms with E-state index in [0.717, 1.165) is 21.7 Å². The lowest BCUT2D eigenvalue weighted by molar-refractivity contribution is -0.150. The smallest absolute Gasteiger partial charge is 0.347 e. The Kier molecular flexibility index (Phi) is 5.40. The number of benzene rings is 3. The van der Waals surface area contributed by atoms with Gasteiger partial charge in [-0.1, -0.05) is 35.5 Å². The van der Waals surface area contributed by atoms with E-state index in [1.165, 1.54) is 6.07 Å². The maximum Gasteiger partial charge on any atom is 0.347 e. The molecule has 0 atom stereocenters. The minimum atomic E-state index is -0.612. The number of rotatable bonds is 6. The molecule has 1 aromatic heterocycles. The van der Waals surface area contributed by atoms with Crippen molar-refractivity contribution >= 4 is 33.4 Å². The maximum atomic E-state index is 12.2. The molecule has 5 rings (SSSR count). The van der Waals surface area contributed by atoms with Crippen LogP contribution in [-0.4, -0.2) is 25.1 Å². The lowest BCUT2D eigenvalue weighted by atomic mass is 10.0. The quantitative estimate of drug-likeness (QED) is 0.145. The number of oxime groups is 1. The molecule has 2 heterocycles. The van der Waals surface area contributed by atoms with Crippen LogP contribution in [0.4, 0.5) is 0 Å². The van der Waals surface area contributed by atoms with Gasteiger partial charge in [0.1, 0.15) is 12.2 Å². The molecule has 0 N–H and O–H groups in total. The van der Waals surface area contributed by atoms with Crippen LogP contribution in [0.15, 0.2) is 75.0 Å². The Bertz CT molecular complexity index is 1450. The number of carbonyl (C=O) groups is 1. The fourth-order valence-electron chi connectivity index (χ4n) is 3.69. The topological polar surface area (TPSA) is 96.6 Å². The van der Waals surface area contributed by atoms with Crippen molar-refractivity contribution in [3.8, 4) is 11.5 Å². The van der Waals surface area contributed by atoms with Crippen LogP contribution in [0.5, 0.6) is 11.5 Å². The van der Waals surface area contributed by atoms with E-state index < -0.39 is 11.6 Å². The van der Waals surface area contributed by atoms with Crippen molar-refractivity contribution in [2.75, 3.05) is 13.4 Å². The highest BCUT2D eigenvalue weighted by molar-refractivity contribution is 6.07. The van der Waals surface area contributed by atoms with Gasteiger partial charge in [-0.05, 0) is 42.0 Å². The summed E-state index contributed by atoms with van der Waals surface area (Å²) in [5.41, 5.74) is 1.84. The van der Waals surface area contributed by atoms with Crippen LogP contribution in [-0.2, 0) is 21.0 Å². The first-order valence-corrected chi connectivity index (χ1v) is 10.3. The monoisotopic (exact) mass is 445 g/mol. The molecule has 8 nitrogen and oxygen atoms in total. The highest BCUT2D eigenvalue weighted by atomic mass is 16.7. The first-order chi connectivity index (χ1) is 16.1. The van der Waals surface area contributed by atoms with Crippen LogP contribution in [0, 0.1) is 0 Å². The van der Waals surface area contributed by atoms with Crippen LogP contribution >= 0.6 is 0 Å². The molecule has 0 unspecified atom stereocenters. The van der Waals surface area contributed by atoms with Gasteiger partial charge < -0.3 is 23.5 Å². The number of carbonyl (C=O) groups excluding carboxylic acids is 1. The van der Waals surface area contributed by atoms with E-state index in [0.29, 0.717) is 28.4 Å². The zero-order chi connectivity index (χ0) is 22.8. The molecule has 1 aliphatic rings. The molecule has 0 radical (unpaired) electrons. The van der Waals surface area contributed by atoms with Crippen LogP contribution in [0.1, 0.15) is 18.1 Å². The summed E-state index contributed by atoms with van der Waals surface area (Å²) in [6.45, 7) is 1.47. The van der Waals surface area contributed by atoms with Crippen LogP contribution in [0.25, 0.3) is 21.7 Å². The Balaban J connectivity index is 1.26. The normalized spacial score (nSPS) is 12.8. The largest absolute Gasteiger partial charge is 0.458 e. The molecular formula is C25H19NO7. The first kappa shape index (κ1) is 20.6. The van der Waals surface area contributed by atoms with Crippen molar-refractivity contribution in [1.82, 2.24) is 0 Å². The Hall–Kier alpha value is -4.33. The number of nitrogens with zero attached hydrogens (tertiary/aromatic N) is 1. The average Bonchev–Trinajstić information content (AvgIpc) is 3.30. The van der Waals surface area contributed by atoms with Crippen molar-refractivity contribution in [3.63, 3.8) is 0 Å². The minimum absolute atomic E-state index is 0.0941. The standard InChI is InChI=1S/C25H19NO7/c1-15(17-7-8-20-22(10-17)31-14-30-20)26-32-13-24(28)29-12-18-11-23(27)33-21-9-6-16-4-2-3-5-19(16)25(18)21/h2-11H,12-14H2,1H3/b26-15+. The second-order valence-corrected chi connectivity index (χ2v) is 7.43. The molecule has 0 saturated carbocycles.